The summed E-state index contributed by atoms with van der Waals surface area (Å²) in [6.07, 6.45) is 0. The number of nitrogens with zero attached hydrogens (tertiary/aromatic N) is 2. The zero-order chi connectivity index (χ0) is 23.2. The fraction of sp³-hybridized carbons (Fsp3) is 0.333. The summed E-state index contributed by atoms with van der Waals surface area (Å²) in [7, 11) is 1.77. The summed E-state index contributed by atoms with van der Waals surface area (Å²) in [4.78, 5) is 30.5. The Morgan fingerprint density at radius 3 is 2.47 bits per heavy atom. The van der Waals surface area contributed by atoms with Crippen molar-refractivity contribution in [2.45, 2.75) is 30.8 Å². The molecule has 0 aliphatic carbocycles. The molecule has 1 unspecified atom stereocenters. The number of halogens is 3. The maximum atomic E-state index is 13.7. The standard InChI is InChI=1S/C24H24Cl3N3O2/c1-24(2)21-18(22(31)29(24)3)20(15-9-10-16(25)17(26)13-15)30(12-11-28-21)23(32)19(27)14-7-5-4-6-8-14/h4-10,13,19-20,28H,11-12H2,1-3H3/t19-,20?/m1/s1. The van der Waals surface area contributed by atoms with E-state index in [0.29, 0.717) is 39.8 Å². The number of hydrogen-bond donors (Lipinski definition) is 1. The number of likely N-dealkylation sites (N-methyl/N-ethyl adjacent to an activating group) is 1. The lowest BCUT2D eigenvalue weighted by molar-refractivity contribution is -0.133. The summed E-state index contributed by atoms with van der Waals surface area (Å²) in [5.41, 5.74) is 2.20. The molecule has 5 nitrogen and oxygen atoms in total. The van der Waals surface area contributed by atoms with Gasteiger partial charge in [-0.1, -0.05) is 59.6 Å². The largest absolute Gasteiger partial charge is 0.384 e. The first kappa shape index (κ1) is 23.0. The molecule has 2 aliphatic rings. The monoisotopic (exact) mass is 491 g/mol. The van der Waals surface area contributed by atoms with E-state index in [4.69, 9.17) is 34.8 Å². The molecule has 8 heteroatoms. The van der Waals surface area contributed by atoms with Crippen LogP contribution in [0.25, 0.3) is 0 Å². The van der Waals surface area contributed by atoms with Crippen LogP contribution in [0.2, 0.25) is 10.0 Å². The van der Waals surface area contributed by atoms with Crippen molar-refractivity contribution in [3.05, 3.63) is 81.0 Å². The number of hydrogen-bond acceptors (Lipinski definition) is 3. The summed E-state index contributed by atoms with van der Waals surface area (Å²) < 4.78 is 0. The molecule has 1 N–H and O–H groups in total. The van der Waals surface area contributed by atoms with Gasteiger partial charge in [-0.15, -0.1) is 11.6 Å². The molecule has 2 amide bonds. The molecule has 0 radical (unpaired) electrons. The lowest BCUT2D eigenvalue weighted by Gasteiger charge is -2.34. The minimum Gasteiger partial charge on any atom is -0.384 e. The number of nitrogens with one attached hydrogen (secondary N) is 1. The number of rotatable bonds is 3. The van der Waals surface area contributed by atoms with Gasteiger partial charge in [-0.05, 0) is 37.1 Å². The van der Waals surface area contributed by atoms with Gasteiger partial charge in [0.25, 0.3) is 5.91 Å². The van der Waals surface area contributed by atoms with Gasteiger partial charge in [-0.3, -0.25) is 9.59 Å². The molecular weight excluding hydrogens is 469 g/mol. The molecule has 0 spiro atoms. The summed E-state index contributed by atoms with van der Waals surface area (Å²) in [6.45, 7) is 4.83. The topological polar surface area (TPSA) is 52.7 Å². The van der Waals surface area contributed by atoms with E-state index in [1.54, 1.807) is 35.0 Å². The van der Waals surface area contributed by atoms with Crippen molar-refractivity contribution in [2.24, 2.45) is 0 Å². The summed E-state index contributed by atoms with van der Waals surface area (Å²) in [6, 6.07) is 13.8. The third kappa shape index (κ3) is 3.76. The Labute approximate surface area is 202 Å². The highest BCUT2D eigenvalue weighted by atomic mass is 35.5. The molecule has 168 valence electrons. The van der Waals surface area contributed by atoms with E-state index in [1.165, 1.54) is 0 Å². The highest BCUT2D eigenvalue weighted by Crippen LogP contribution is 2.44. The lowest BCUT2D eigenvalue weighted by atomic mass is 9.92. The number of carbonyl (C=O) groups excluding carboxylic acids is 2. The average molecular weight is 493 g/mol. The molecule has 0 fully saturated rings. The minimum absolute atomic E-state index is 0.140. The maximum absolute atomic E-state index is 13.7. The maximum Gasteiger partial charge on any atom is 0.254 e. The van der Waals surface area contributed by atoms with Crippen LogP contribution in [0.5, 0.6) is 0 Å². The van der Waals surface area contributed by atoms with Crippen LogP contribution in [0.3, 0.4) is 0 Å². The third-order valence-electron chi connectivity index (χ3n) is 6.35. The van der Waals surface area contributed by atoms with Crippen LogP contribution in [0.15, 0.2) is 59.8 Å². The van der Waals surface area contributed by atoms with Crippen LogP contribution < -0.4 is 5.32 Å². The molecule has 2 aliphatic heterocycles. The molecule has 32 heavy (non-hydrogen) atoms. The predicted molar refractivity (Wildman–Crippen MR) is 128 cm³/mol. The van der Waals surface area contributed by atoms with Gasteiger partial charge < -0.3 is 15.1 Å². The average Bonchev–Trinajstić information content (AvgIpc) is 2.93. The highest BCUT2D eigenvalue weighted by molar-refractivity contribution is 6.42. The fourth-order valence-corrected chi connectivity index (χ4v) is 4.94. The summed E-state index contributed by atoms with van der Waals surface area (Å²) in [5.74, 6) is -0.413. The minimum atomic E-state index is -0.883. The van der Waals surface area contributed by atoms with Gasteiger partial charge in [0.15, 0.2) is 0 Å². The molecule has 2 aromatic carbocycles. The summed E-state index contributed by atoms with van der Waals surface area (Å²) in [5, 5.41) is 3.29. The smallest absolute Gasteiger partial charge is 0.254 e. The molecule has 0 saturated carbocycles. The number of benzene rings is 2. The Hall–Kier alpha value is -2.21. The molecule has 0 bridgehead atoms. The van der Waals surface area contributed by atoms with E-state index in [-0.39, 0.29) is 11.8 Å². The van der Waals surface area contributed by atoms with Crippen molar-refractivity contribution in [3.8, 4) is 0 Å². The van der Waals surface area contributed by atoms with Gasteiger partial charge in [-0.25, -0.2) is 0 Å². The van der Waals surface area contributed by atoms with Crippen LogP contribution >= 0.6 is 34.8 Å². The Morgan fingerprint density at radius 2 is 1.81 bits per heavy atom. The first-order valence-corrected chi connectivity index (χ1v) is 11.5. The molecule has 2 heterocycles. The van der Waals surface area contributed by atoms with Crippen molar-refractivity contribution >= 4 is 46.6 Å². The second-order valence-electron chi connectivity index (χ2n) is 8.52. The van der Waals surface area contributed by atoms with Crippen LogP contribution in [0.1, 0.15) is 36.4 Å². The second-order valence-corrected chi connectivity index (χ2v) is 9.77. The number of alkyl halides is 1. The van der Waals surface area contributed by atoms with E-state index in [9.17, 15) is 9.59 Å². The molecule has 2 atom stereocenters. The van der Waals surface area contributed by atoms with Gasteiger partial charge in [0, 0.05) is 25.8 Å². The molecular formula is C24H24Cl3N3O2. The number of amides is 2. The van der Waals surface area contributed by atoms with Gasteiger partial charge in [0.05, 0.1) is 27.2 Å². The van der Waals surface area contributed by atoms with E-state index >= 15 is 0 Å². The number of carbonyl (C=O) groups is 2. The first-order valence-electron chi connectivity index (χ1n) is 10.4. The molecule has 2 aromatic rings. The van der Waals surface area contributed by atoms with Crippen LogP contribution in [-0.4, -0.2) is 47.3 Å². The molecule has 0 aromatic heterocycles. The van der Waals surface area contributed by atoms with Crippen LogP contribution in [0, 0.1) is 0 Å². The van der Waals surface area contributed by atoms with E-state index in [0.717, 1.165) is 5.70 Å². The van der Waals surface area contributed by atoms with E-state index in [2.05, 4.69) is 5.32 Å². The summed E-state index contributed by atoms with van der Waals surface area (Å²) >= 11 is 19.1. The Bertz CT molecular complexity index is 1100. The van der Waals surface area contributed by atoms with E-state index < -0.39 is 17.0 Å². The molecule has 4 rings (SSSR count). The SMILES string of the molecule is CN1C(=O)C2=C(NCCN(C(=O)[C@H](Cl)c3ccccc3)C2c2ccc(Cl)c(Cl)c2)C1(C)C. The molecule has 0 saturated heterocycles. The second kappa shape index (κ2) is 8.62. The third-order valence-corrected chi connectivity index (χ3v) is 7.52. The lowest BCUT2D eigenvalue weighted by Crippen LogP contribution is -2.46. The van der Waals surface area contributed by atoms with Crippen LogP contribution in [0.4, 0.5) is 0 Å². The van der Waals surface area contributed by atoms with Crippen molar-refractivity contribution in [1.29, 1.82) is 0 Å². The zero-order valence-electron chi connectivity index (χ0n) is 18.0. The quantitative estimate of drug-likeness (QED) is 0.617. The van der Waals surface area contributed by atoms with Crippen molar-refractivity contribution in [3.63, 3.8) is 0 Å². The predicted octanol–water partition coefficient (Wildman–Crippen LogP) is 4.95. The van der Waals surface area contributed by atoms with Gasteiger partial charge >= 0.3 is 0 Å². The van der Waals surface area contributed by atoms with Crippen molar-refractivity contribution in [1.82, 2.24) is 15.1 Å². The Morgan fingerprint density at radius 1 is 1.12 bits per heavy atom. The normalized spacial score (nSPS) is 21.2. The van der Waals surface area contributed by atoms with Crippen molar-refractivity contribution < 1.29 is 9.59 Å². The van der Waals surface area contributed by atoms with E-state index in [1.807, 2.05) is 44.2 Å². The Kier molecular flexibility index (Phi) is 6.19. The Balaban J connectivity index is 1.86. The fourth-order valence-electron chi connectivity index (χ4n) is 4.37. The zero-order valence-corrected chi connectivity index (χ0v) is 20.3. The van der Waals surface area contributed by atoms with Gasteiger partial charge in [0.2, 0.25) is 5.91 Å². The highest BCUT2D eigenvalue weighted by Gasteiger charge is 2.49. The van der Waals surface area contributed by atoms with Crippen LogP contribution in [-0.2, 0) is 9.59 Å². The van der Waals surface area contributed by atoms with Crippen molar-refractivity contribution in [2.75, 3.05) is 20.1 Å². The van der Waals surface area contributed by atoms with Gasteiger partial charge in [0.1, 0.15) is 5.38 Å². The van der Waals surface area contributed by atoms with Gasteiger partial charge in [-0.2, -0.15) is 0 Å². The first-order chi connectivity index (χ1) is 15.1.